The van der Waals surface area contributed by atoms with Crippen molar-refractivity contribution in [1.82, 2.24) is 10.2 Å². The number of nitrogens with one attached hydrogen (secondary N) is 1. The Hall–Kier alpha value is -0.770. The SMILES string of the molecule is COC(=O)N1CC[C@@H]2CNC[C@@H]21. The fourth-order valence-corrected chi connectivity index (χ4v) is 2.19. The van der Waals surface area contributed by atoms with Crippen LogP contribution in [0.25, 0.3) is 0 Å². The largest absolute Gasteiger partial charge is 0.453 e. The van der Waals surface area contributed by atoms with Crippen LogP contribution in [0, 0.1) is 5.92 Å². The summed E-state index contributed by atoms with van der Waals surface area (Å²) in [6, 6.07) is 0.387. The quantitative estimate of drug-likeness (QED) is 0.558. The topological polar surface area (TPSA) is 41.6 Å². The highest BCUT2D eigenvalue weighted by Gasteiger charge is 2.40. The molecule has 2 fully saturated rings. The normalized spacial score (nSPS) is 33.6. The molecule has 0 spiro atoms. The lowest BCUT2D eigenvalue weighted by molar-refractivity contribution is 0.119. The number of carbonyl (C=O) groups excluding carboxylic acids is 1. The van der Waals surface area contributed by atoms with Crippen molar-refractivity contribution >= 4 is 6.09 Å². The van der Waals surface area contributed by atoms with Crippen LogP contribution in [0.5, 0.6) is 0 Å². The molecule has 0 saturated carbocycles. The molecular formula is C8H14N2O2. The van der Waals surface area contributed by atoms with Gasteiger partial charge >= 0.3 is 6.09 Å². The molecule has 1 amide bonds. The summed E-state index contributed by atoms with van der Waals surface area (Å²) in [4.78, 5) is 13.1. The Kier molecular flexibility index (Phi) is 1.92. The molecule has 0 aromatic carbocycles. The van der Waals surface area contributed by atoms with Crippen LogP contribution >= 0.6 is 0 Å². The minimum Gasteiger partial charge on any atom is -0.453 e. The fraction of sp³-hybridized carbons (Fsp3) is 0.875. The molecule has 4 nitrogen and oxygen atoms in total. The van der Waals surface area contributed by atoms with Gasteiger partial charge < -0.3 is 15.0 Å². The van der Waals surface area contributed by atoms with Crippen molar-refractivity contribution < 1.29 is 9.53 Å². The molecule has 0 unspecified atom stereocenters. The highest BCUT2D eigenvalue weighted by Crippen LogP contribution is 2.27. The summed E-state index contributed by atoms with van der Waals surface area (Å²) in [5.74, 6) is 0.657. The molecule has 1 N–H and O–H groups in total. The Balaban J connectivity index is 2.04. The average Bonchev–Trinajstić information content (AvgIpc) is 2.62. The van der Waals surface area contributed by atoms with E-state index in [9.17, 15) is 4.79 Å². The van der Waals surface area contributed by atoms with Gasteiger partial charge in [0.2, 0.25) is 0 Å². The molecule has 2 aliphatic rings. The van der Waals surface area contributed by atoms with Crippen molar-refractivity contribution in [1.29, 1.82) is 0 Å². The third-order valence-corrected chi connectivity index (χ3v) is 2.85. The van der Waals surface area contributed by atoms with Crippen molar-refractivity contribution in [2.45, 2.75) is 12.5 Å². The number of carbonyl (C=O) groups is 1. The van der Waals surface area contributed by atoms with Crippen LogP contribution in [0.1, 0.15) is 6.42 Å². The van der Waals surface area contributed by atoms with Gasteiger partial charge in [0.15, 0.2) is 0 Å². The summed E-state index contributed by atoms with van der Waals surface area (Å²) in [5.41, 5.74) is 0. The molecule has 12 heavy (non-hydrogen) atoms. The van der Waals surface area contributed by atoms with Gasteiger partial charge in [-0.25, -0.2) is 4.79 Å². The summed E-state index contributed by atoms with van der Waals surface area (Å²) in [6.07, 6.45) is 0.943. The number of likely N-dealkylation sites (tertiary alicyclic amines) is 1. The fourth-order valence-electron chi connectivity index (χ4n) is 2.19. The van der Waals surface area contributed by atoms with Crippen molar-refractivity contribution in [2.24, 2.45) is 5.92 Å². The van der Waals surface area contributed by atoms with Gasteiger partial charge in [-0.15, -0.1) is 0 Å². The van der Waals surface area contributed by atoms with Crippen LogP contribution in [-0.4, -0.2) is 43.8 Å². The summed E-state index contributed by atoms with van der Waals surface area (Å²) in [6.45, 7) is 2.85. The number of ether oxygens (including phenoxy) is 1. The van der Waals surface area contributed by atoms with Crippen molar-refractivity contribution in [3.05, 3.63) is 0 Å². The number of amides is 1. The summed E-state index contributed by atoms with van der Waals surface area (Å²) in [5, 5.41) is 3.28. The molecular weight excluding hydrogens is 156 g/mol. The number of methoxy groups -OCH3 is 1. The highest BCUT2D eigenvalue weighted by atomic mass is 16.5. The Morgan fingerprint density at radius 3 is 3.17 bits per heavy atom. The summed E-state index contributed by atoms with van der Waals surface area (Å²) >= 11 is 0. The first-order valence-corrected chi connectivity index (χ1v) is 4.38. The first-order valence-electron chi connectivity index (χ1n) is 4.38. The highest BCUT2D eigenvalue weighted by molar-refractivity contribution is 5.68. The predicted octanol–water partition coefficient (Wildman–Crippen LogP) is 0.0465. The van der Waals surface area contributed by atoms with Crippen LogP contribution in [-0.2, 0) is 4.74 Å². The first kappa shape index (κ1) is 7.86. The second-order valence-electron chi connectivity index (χ2n) is 3.44. The second kappa shape index (κ2) is 2.94. The minimum absolute atomic E-state index is 0.175. The van der Waals surface area contributed by atoms with E-state index in [2.05, 4.69) is 5.32 Å². The first-order chi connectivity index (χ1) is 5.83. The zero-order valence-corrected chi connectivity index (χ0v) is 7.25. The summed E-state index contributed by atoms with van der Waals surface area (Å²) in [7, 11) is 1.44. The standard InChI is InChI=1S/C8H14N2O2/c1-12-8(11)10-3-2-6-4-9-5-7(6)10/h6-7,9H,2-5H2,1H3/t6-,7+/m1/s1. The Morgan fingerprint density at radius 1 is 1.58 bits per heavy atom. The van der Waals surface area contributed by atoms with E-state index in [0.29, 0.717) is 12.0 Å². The monoisotopic (exact) mass is 170 g/mol. The molecule has 2 aliphatic heterocycles. The van der Waals surface area contributed by atoms with E-state index in [1.165, 1.54) is 7.11 Å². The zero-order chi connectivity index (χ0) is 8.55. The average molecular weight is 170 g/mol. The molecule has 0 aromatic heterocycles. The van der Waals surface area contributed by atoms with Crippen molar-refractivity contribution in [3.63, 3.8) is 0 Å². The molecule has 2 saturated heterocycles. The minimum atomic E-state index is -0.175. The number of hydrogen-bond donors (Lipinski definition) is 1. The van der Waals surface area contributed by atoms with E-state index < -0.39 is 0 Å². The van der Waals surface area contributed by atoms with Crippen LogP contribution in [0.4, 0.5) is 4.79 Å². The number of rotatable bonds is 0. The number of nitrogens with zero attached hydrogens (tertiary/aromatic N) is 1. The van der Waals surface area contributed by atoms with Gasteiger partial charge in [0, 0.05) is 19.6 Å². The lowest BCUT2D eigenvalue weighted by Gasteiger charge is -2.21. The Morgan fingerprint density at radius 2 is 2.42 bits per heavy atom. The Bertz CT molecular complexity index is 195. The molecule has 0 bridgehead atoms. The van der Waals surface area contributed by atoms with Crippen molar-refractivity contribution in [2.75, 3.05) is 26.7 Å². The molecule has 4 heteroatoms. The molecule has 68 valence electrons. The molecule has 2 rings (SSSR count). The molecule has 0 aliphatic carbocycles. The van der Waals surface area contributed by atoms with Crippen LogP contribution in [0.2, 0.25) is 0 Å². The van der Waals surface area contributed by atoms with Gasteiger partial charge in [0.05, 0.1) is 13.2 Å². The van der Waals surface area contributed by atoms with E-state index in [-0.39, 0.29) is 6.09 Å². The smallest absolute Gasteiger partial charge is 0.409 e. The third-order valence-electron chi connectivity index (χ3n) is 2.85. The van der Waals surface area contributed by atoms with Gasteiger partial charge in [-0.1, -0.05) is 0 Å². The van der Waals surface area contributed by atoms with Crippen LogP contribution in [0.15, 0.2) is 0 Å². The van der Waals surface area contributed by atoms with Gasteiger partial charge in [-0.05, 0) is 12.3 Å². The van der Waals surface area contributed by atoms with Crippen LogP contribution < -0.4 is 5.32 Å². The van der Waals surface area contributed by atoms with Gasteiger partial charge in [-0.3, -0.25) is 0 Å². The van der Waals surface area contributed by atoms with E-state index in [1.807, 2.05) is 4.90 Å². The maximum absolute atomic E-state index is 11.2. The van der Waals surface area contributed by atoms with Crippen LogP contribution in [0.3, 0.4) is 0 Å². The van der Waals surface area contributed by atoms with Crippen molar-refractivity contribution in [3.8, 4) is 0 Å². The van der Waals surface area contributed by atoms with E-state index in [1.54, 1.807) is 0 Å². The third kappa shape index (κ3) is 1.06. The number of hydrogen-bond acceptors (Lipinski definition) is 3. The molecule has 2 atom stereocenters. The maximum Gasteiger partial charge on any atom is 0.409 e. The zero-order valence-electron chi connectivity index (χ0n) is 7.25. The second-order valence-corrected chi connectivity index (χ2v) is 3.44. The van der Waals surface area contributed by atoms with Gasteiger partial charge in [0.25, 0.3) is 0 Å². The lowest BCUT2D eigenvalue weighted by Crippen LogP contribution is -2.38. The number of fused-ring (bicyclic) bond motifs is 1. The Labute approximate surface area is 71.9 Å². The van der Waals surface area contributed by atoms with Gasteiger partial charge in [-0.2, -0.15) is 0 Å². The maximum atomic E-state index is 11.2. The predicted molar refractivity (Wildman–Crippen MR) is 43.9 cm³/mol. The summed E-state index contributed by atoms with van der Waals surface area (Å²) < 4.78 is 4.70. The van der Waals surface area contributed by atoms with E-state index in [0.717, 1.165) is 26.1 Å². The molecule has 0 aromatic rings. The van der Waals surface area contributed by atoms with E-state index in [4.69, 9.17) is 4.74 Å². The lowest BCUT2D eigenvalue weighted by atomic mass is 10.1. The van der Waals surface area contributed by atoms with Gasteiger partial charge in [0.1, 0.15) is 0 Å². The molecule has 2 heterocycles. The van der Waals surface area contributed by atoms with E-state index >= 15 is 0 Å². The molecule has 0 radical (unpaired) electrons.